The predicted molar refractivity (Wildman–Crippen MR) is 92.7 cm³/mol. The normalized spacial score (nSPS) is 20.0. The van der Waals surface area contributed by atoms with E-state index < -0.39 is 6.10 Å². The molecule has 0 radical (unpaired) electrons. The average molecular weight is 342 g/mol. The third-order valence-electron chi connectivity index (χ3n) is 3.61. The number of benzene rings is 1. The summed E-state index contributed by atoms with van der Waals surface area (Å²) in [7, 11) is 0. The number of nitrogens with two attached hydrogens (primary N) is 1. The molecule has 128 valence electrons. The summed E-state index contributed by atoms with van der Waals surface area (Å²) in [4.78, 5) is 23.7. The molecule has 23 heavy (non-hydrogen) atoms. The van der Waals surface area contributed by atoms with Crippen molar-refractivity contribution in [1.82, 2.24) is 0 Å². The maximum Gasteiger partial charge on any atom is 0.253 e. The molecule has 1 aromatic carbocycles. The highest BCUT2D eigenvalue weighted by molar-refractivity contribution is 5.95. The lowest BCUT2D eigenvalue weighted by Crippen LogP contribution is -2.29. The molecule has 2 amide bonds. The first-order valence-corrected chi connectivity index (χ1v) is 7.57. The van der Waals surface area contributed by atoms with E-state index in [-0.39, 0.29) is 36.2 Å². The molecule has 1 aliphatic heterocycles. The number of carbonyl (C=O) groups is 2. The van der Waals surface area contributed by atoms with Gasteiger partial charge in [0.15, 0.2) is 0 Å². The lowest BCUT2D eigenvalue weighted by atomic mass is 10.2. The first-order chi connectivity index (χ1) is 10.5. The molecule has 1 aliphatic rings. The Morgan fingerprint density at radius 3 is 2.22 bits per heavy atom. The van der Waals surface area contributed by atoms with Crippen LogP contribution < -0.4 is 16.4 Å². The minimum atomic E-state index is -0.436. The fraction of sp³-hybridized carbons (Fsp3) is 0.500. The van der Waals surface area contributed by atoms with E-state index in [9.17, 15) is 9.59 Å². The molecule has 1 saturated heterocycles. The molecular weight excluding hydrogens is 318 g/mol. The Bertz CT molecular complexity index is 534. The summed E-state index contributed by atoms with van der Waals surface area (Å²) in [5, 5.41) is 5.61. The standard InChI is InChI=1S/C16H23N3O3.ClH/c1-10(2)15(20)18-11-3-5-12(6-4-11)19-16(21)14-8-7-13(9-17)22-14;/h3-6,10,13-14H,7-9,17H2,1-2H3,(H,18,20)(H,19,21);1H/t13-,14+;/m1./s1. The van der Waals surface area contributed by atoms with Crippen molar-refractivity contribution in [2.45, 2.75) is 38.9 Å². The molecule has 1 aromatic rings. The number of carbonyl (C=O) groups excluding carboxylic acids is 2. The van der Waals surface area contributed by atoms with E-state index in [1.165, 1.54) is 0 Å². The zero-order valence-corrected chi connectivity index (χ0v) is 14.2. The molecule has 0 aromatic heterocycles. The number of halogens is 1. The second-order valence-corrected chi connectivity index (χ2v) is 5.77. The van der Waals surface area contributed by atoms with Gasteiger partial charge in [-0.2, -0.15) is 0 Å². The summed E-state index contributed by atoms with van der Waals surface area (Å²) in [6.45, 7) is 4.11. The Labute approximate surface area is 142 Å². The van der Waals surface area contributed by atoms with Crippen LogP contribution in [0.25, 0.3) is 0 Å². The number of rotatable bonds is 5. The summed E-state index contributed by atoms with van der Waals surface area (Å²) < 4.78 is 5.55. The molecule has 4 N–H and O–H groups in total. The maximum absolute atomic E-state index is 12.1. The number of amides is 2. The molecule has 1 fully saturated rings. The van der Waals surface area contributed by atoms with E-state index in [1.54, 1.807) is 24.3 Å². The van der Waals surface area contributed by atoms with Crippen LogP contribution in [0.4, 0.5) is 11.4 Å². The fourth-order valence-electron chi connectivity index (χ4n) is 2.22. The van der Waals surface area contributed by atoms with Gasteiger partial charge < -0.3 is 21.1 Å². The molecule has 0 bridgehead atoms. The van der Waals surface area contributed by atoms with Gasteiger partial charge in [0.25, 0.3) is 5.91 Å². The van der Waals surface area contributed by atoms with Crippen LogP contribution in [0.3, 0.4) is 0 Å². The van der Waals surface area contributed by atoms with Gasteiger partial charge in [0.2, 0.25) is 5.91 Å². The van der Waals surface area contributed by atoms with Crippen molar-refractivity contribution in [3.05, 3.63) is 24.3 Å². The molecule has 0 saturated carbocycles. The third-order valence-corrected chi connectivity index (χ3v) is 3.61. The van der Waals surface area contributed by atoms with Crippen molar-refractivity contribution in [3.8, 4) is 0 Å². The summed E-state index contributed by atoms with van der Waals surface area (Å²) >= 11 is 0. The van der Waals surface area contributed by atoms with Crippen LogP contribution in [-0.4, -0.2) is 30.6 Å². The van der Waals surface area contributed by atoms with Crippen molar-refractivity contribution in [1.29, 1.82) is 0 Å². The van der Waals surface area contributed by atoms with Gasteiger partial charge in [0.05, 0.1) is 6.10 Å². The summed E-state index contributed by atoms with van der Waals surface area (Å²) in [5.74, 6) is -0.270. The van der Waals surface area contributed by atoms with E-state index in [0.29, 0.717) is 24.3 Å². The first kappa shape index (κ1) is 19.4. The van der Waals surface area contributed by atoms with E-state index in [1.807, 2.05) is 13.8 Å². The van der Waals surface area contributed by atoms with Gasteiger partial charge in [0, 0.05) is 23.8 Å². The maximum atomic E-state index is 12.1. The van der Waals surface area contributed by atoms with Gasteiger partial charge in [-0.25, -0.2) is 0 Å². The van der Waals surface area contributed by atoms with Gasteiger partial charge in [-0.05, 0) is 37.1 Å². The molecule has 6 nitrogen and oxygen atoms in total. The van der Waals surface area contributed by atoms with Crippen LogP contribution in [-0.2, 0) is 14.3 Å². The summed E-state index contributed by atoms with van der Waals surface area (Å²) in [6, 6.07) is 7.02. The minimum absolute atomic E-state index is 0. The Morgan fingerprint density at radius 1 is 1.17 bits per heavy atom. The molecule has 7 heteroatoms. The summed E-state index contributed by atoms with van der Waals surface area (Å²) in [5.41, 5.74) is 6.91. The largest absolute Gasteiger partial charge is 0.364 e. The number of anilines is 2. The predicted octanol–water partition coefficient (Wildman–Crippen LogP) is 2.15. The first-order valence-electron chi connectivity index (χ1n) is 7.57. The van der Waals surface area contributed by atoms with Crippen LogP contribution >= 0.6 is 12.4 Å². The highest BCUT2D eigenvalue weighted by Gasteiger charge is 2.29. The van der Waals surface area contributed by atoms with Gasteiger partial charge in [0.1, 0.15) is 6.10 Å². The monoisotopic (exact) mass is 341 g/mol. The Morgan fingerprint density at radius 2 is 1.74 bits per heavy atom. The number of ether oxygens (including phenoxy) is 1. The highest BCUT2D eigenvalue weighted by atomic mass is 35.5. The van der Waals surface area contributed by atoms with Crippen molar-refractivity contribution < 1.29 is 14.3 Å². The van der Waals surface area contributed by atoms with Gasteiger partial charge >= 0.3 is 0 Å². The minimum Gasteiger partial charge on any atom is -0.364 e. The molecule has 0 spiro atoms. The topological polar surface area (TPSA) is 93.5 Å². The molecule has 2 rings (SSSR count). The molecular formula is C16H24ClN3O3. The Balaban J connectivity index is 0.00000264. The van der Waals surface area contributed by atoms with Gasteiger partial charge in [-0.15, -0.1) is 12.4 Å². The van der Waals surface area contributed by atoms with E-state index in [2.05, 4.69) is 10.6 Å². The van der Waals surface area contributed by atoms with Crippen molar-refractivity contribution in [2.24, 2.45) is 11.7 Å². The van der Waals surface area contributed by atoms with E-state index in [0.717, 1.165) is 6.42 Å². The SMILES string of the molecule is CC(C)C(=O)Nc1ccc(NC(=O)[C@@H]2CC[C@H](CN)O2)cc1.Cl. The highest BCUT2D eigenvalue weighted by Crippen LogP contribution is 2.21. The lowest BCUT2D eigenvalue weighted by Gasteiger charge is -2.13. The zero-order chi connectivity index (χ0) is 16.1. The molecule has 0 aliphatic carbocycles. The Hall–Kier alpha value is -1.63. The van der Waals surface area contributed by atoms with Crippen LogP contribution in [0.5, 0.6) is 0 Å². The average Bonchev–Trinajstić information content (AvgIpc) is 2.98. The van der Waals surface area contributed by atoms with Crippen molar-refractivity contribution >= 4 is 35.6 Å². The number of hydrogen-bond donors (Lipinski definition) is 3. The molecule has 2 atom stereocenters. The quantitative estimate of drug-likeness (QED) is 0.765. The van der Waals surface area contributed by atoms with Crippen LogP contribution in [0, 0.1) is 5.92 Å². The van der Waals surface area contributed by atoms with Crippen molar-refractivity contribution in [2.75, 3.05) is 17.2 Å². The van der Waals surface area contributed by atoms with Crippen LogP contribution in [0.15, 0.2) is 24.3 Å². The zero-order valence-electron chi connectivity index (χ0n) is 13.4. The molecule has 0 unspecified atom stereocenters. The van der Waals surface area contributed by atoms with Gasteiger partial charge in [-0.1, -0.05) is 13.8 Å². The summed E-state index contributed by atoms with van der Waals surface area (Å²) in [6.07, 6.45) is 1.04. The van der Waals surface area contributed by atoms with Crippen LogP contribution in [0.2, 0.25) is 0 Å². The number of nitrogens with one attached hydrogen (secondary N) is 2. The van der Waals surface area contributed by atoms with E-state index >= 15 is 0 Å². The van der Waals surface area contributed by atoms with E-state index in [4.69, 9.17) is 10.5 Å². The second-order valence-electron chi connectivity index (χ2n) is 5.77. The third kappa shape index (κ3) is 5.49. The fourth-order valence-corrected chi connectivity index (χ4v) is 2.22. The van der Waals surface area contributed by atoms with Crippen molar-refractivity contribution in [3.63, 3.8) is 0 Å². The van der Waals surface area contributed by atoms with Gasteiger partial charge in [-0.3, -0.25) is 9.59 Å². The Kier molecular flexibility index (Phi) is 7.48. The molecule has 1 heterocycles. The second kappa shape index (κ2) is 8.86. The number of hydrogen-bond acceptors (Lipinski definition) is 4. The smallest absolute Gasteiger partial charge is 0.253 e. The van der Waals surface area contributed by atoms with Crippen LogP contribution in [0.1, 0.15) is 26.7 Å². The lowest BCUT2D eigenvalue weighted by molar-refractivity contribution is -0.126.